The summed E-state index contributed by atoms with van der Waals surface area (Å²) in [7, 11) is -5.23. The molecule has 1 aromatic rings. The van der Waals surface area contributed by atoms with Crippen molar-refractivity contribution in [3.63, 3.8) is 0 Å². The number of benzene rings is 1. The van der Waals surface area contributed by atoms with Crippen LogP contribution in [0, 0.1) is 5.92 Å². The van der Waals surface area contributed by atoms with Crippen LogP contribution in [0.2, 0.25) is 18.1 Å². The van der Waals surface area contributed by atoms with E-state index in [4.69, 9.17) is 8.61 Å². The van der Waals surface area contributed by atoms with Crippen molar-refractivity contribution < 1.29 is 17.0 Å². The van der Waals surface area contributed by atoms with Gasteiger partial charge in [-0.1, -0.05) is 63.3 Å². The Labute approximate surface area is 154 Å². The van der Waals surface area contributed by atoms with E-state index in [1.807, 2.05) is 24.3 Å². The Morgan fingerprint density at radius 3 is 2.28 bits per heavy atom. The molecule has 1 aromatic carbocycles. The van der Waals surface area contributed by atoms with Crippen LogP contribution in [0.15, 0.2) is 42.5 Å². The van der Waals surface area contributed by atoms with E-state index >= 15 is 0 Å². The van der Waals surface area contributed by atoms with Crippen molar-refractivity contribution in [2.75, 3.05) is 19.5 Å². The molecule has 1 rings (SSSR count). The second-order valence-corrected chi connectivity index (χ2v) is 14.4. The van der Waals surface area contributed by atoms with Gasteiger partial charge in [-0.2, -0.15) is 8.42 Å². The van der Waals surface area contributed by atoms with Crippen molar-refractivity contribution in [3.05, 3.63) is 48.0 Å². The highest BCUT2D eigenvalue weighted by molar-refractivity contribution is 7.85. The molecule has 0 fully saturated rings. The second-order valence-electron chi connectivity index (χ2n) is 7.94. The zero-order chi connectivity index (χ0) is 19.1. The molecular formula is C19H32O4SSi. The molecule has 1 atom stereocenters. The Morgan fingerprint density at radius 1 is 1.16 bits per heavy atom. The maximum absolute atomic E-state index is 11.1. The SMILES string of the molecule is CC(C)(C)[Si](C)(C)OCC(/C=C/COS(C)(=O)=O)Cc1ccccc1. The molecule has 0 aromatic heterocycles. The number of hydrogen-bond donors (Lipinski definition) is 0. The zero-order valence-corrected chi connectivity index (χ0v) is 18.1. The van der Waals surface area contributed by atoms with E-state index in [-0.39, 0.29) is 17.6 Å². The van der Waals surface area contributed by atoms with Gasteiger partial charge < -0.3 is 4.43 Å². The van der Waals surface area contributed by atoms with Gasteiger partial charge in [-0.3, -0.25) is 4.18 Å². The monoisotopic (exact) mass is 384 g/mol. The first kappa shape index (κ1) is 22.1. The first-order chi connectivity index (χ1) is 11.4. The van der Waals surface area contributed by atoms with Gasteiger partial charge in [0.15, 0.2) is 8.32 Å². The Kier molecular flexibility index (Phi) is 8.06. The lowest BCUT2D eigenvalue weighted by Crippen LogP contribution is -2.42. The predicted octanol–water partition coefficient (Wildman–Crippen LogP) is 4.40. The summed E-state index contributed by atoms with van der Waals surface area (Å²) >= 11 is 0. The molecule has 0 saturated carbocycles. The molecule has 25 heavy (non-hydrogen) atoms. The highest BCUT2D eigenvalue weighted by Gasteiger charge is 2.37. The van der Waals surface area contributed by atoms with Crippen molar-refractivity contribution in [2.45, 2.75) is 45.3 Å². The molecule has 0 aliphatic carbocycles. The van der Waals surface area contributed by atoms with Gasteiger partial charge in [0.05, 0.1) is 12.9 Å². The van der Waals surface area contributed by atoms with Gasteiger partial charge in [-0.15, -0.1) is 0 Å². The molecule has 4 nitrogen and oxygen atoms in total. The third-order valence-electron chi connectivity index (χ3n) is 4.59. The molecule has 0 spiro atoms. The lowest BCUT2D eigenvalue weighted by Gasteiger charge is -2.37. The summed E-state index contributed by atoms with van der Waals surface area (Å²) in [6.45, 7) is 11.8. The van der Waals surface area contributed by atoms with Gasteiger partial charge in [-0.25, -0.2) is 0 Å². The number of hydrogen-bond acceptors (Lipinski definition) is 4. The van der Waals surface area contributed by atoms with Crippen LogP contribution in [0.3, 0.4) is 0 Å². The third-order valence-corrected chi connectivity index (χ3v) is 9.66. The lowest BCUT2D eigenvalue weighted by atomic mass is 10.00. The summed E-state index contributed by atoms with van der Waals surface area (Å²) in [5.74, 6) is 0.180. The van der Waals surface area contributed by atoms with Gasteiger partial charge in [0.25, 0.3) is 10.1 Å². The predicted molar refractivity (Wildman–Crippen MR) is 107 cm³/mol. The van der Waals surface area contributed by atoms with Crippen LogP contribution in [0.1, 0.15) is 26.3 Å². The summed E-state index contributed by atoms with van der Waals surface area (Å²) in [5.41, 5.74) is 1.24. The Bertz CT molecular complexity index is 646. The number of rotatable bonds is 9. The summed E-state index contributed by atoms with van der Waals surface area (Å²) in [6, 6.07) is 10.2. The van der Waals surface area contributed by atoms with Crippen molar-refractivity contribution in [2.24, 2.45) is 5.92 Å². The molecule has 142 valence electrons. The van der Waals surface area contributed by atoms with Crippen molar-refractivity contribution in [1.82, 2.24) is 0 Å². The van der Waals surface area contributed by atoms with Crippen LogP contribution in [0.4, 0.5) is 0 Å². The van der Waals surface area contributed by atoms with Crippen molar-refractivity contribution in [3.8, 4) is 0 Å². The molecule has 0 radical (unpaired) electrons. The van der Waals surface area contributed by atoms with Crippen molar-refractivity contribution in [1.29, 1.82) is 0 Å². The summed E-state index contributed by atoms with van der Waals surface area (Å²) < 4.78 is 33.3. The summed E-state index contributed by atoms with van der Waals surface area (Å²) in [4.78, 5) is 0. The molecule has 0 heterocycles. The Hall–Kier alpha value is -0.953. The molecule has 6 heteroatoms. The average molecular weight is 385 g/mol. The van der Waals surface area contributed by atoms with Gasteiger partial charge in [0.1, 0.15) is 0 Å². The molecule has 0 amide bonds. The largest absolute Gasteiger partial charge is 0.416 e. The minimum Gasteiger partial charge on any atom is -0.416 e. The van der Waals surface area contributed by atoms with Gasteiger partial charge >= 0.3 is 0 Å². The van der Waals surface area contributed by atoms with Crippen LogP contribution in [-0.4, -0.2) is 36.2 Å². The second kappa shape index (κ2) is 9.12. The summed E-state index contributed by atoms with van der Waals surface area (Å²) in [6.07, 6.45) is 5.68. The highest BCUT2D eigenvalue weighted by atomic mass is 32.2. The standard InChI is InChI=1S/C19H32O4SSi/c1-19(2,3)25(5,6)23-16-18(13-10-14-22-24(4,20)21)15-17-11-8-7-9-12-17/h7-13,18H,14-16H2,1-6H3/b13-10+. The minimum atomic E-state index is -3.41. The molecule has 0 aliphatic rings. The van der Waals surface area contributed by atoms with Crippen LogP contribution in [0.5, 0.6) is 0 Å². The first-order valence-corrected chi connectivity index (χ1v) is 13.3. The Balaban J connectivity index is 2.75. The van der Waals surface area contributed by atoms with Crippen molar-refractivity contribution >= 4 is 18.4 Å². The maximum Gasteiger partial charge on any atom is 0.264 e. The van der Waals surface area contributed by atoms with E-state index in [2.05, 4.69) is 46.0 Å². The Morgan fingerprint density at radius 2 is 1.76 bits per heavy atom. The molecule has 1 unspecified atom stereocenters. The van der Waals surface area contributed by atoms with E-state index in [1.54, 1.807) is 6.08 Å². The van der Waals surface area contributed by atoms with E-state index in [1.165, 1.54) is 5.56 Å². The topological polar surface area (TPSA) is 52.6 Å². The first-order valence-electron chi connectivity index (χ1n) is 8.60. The van der Waals surface area contributed by atoms with E-state index in [0.717, 1.165) is 12.7 Å². The van der Waals surface area contributed by atoms with Crippen LogP contribution >= 0.6 is 0 Å². The normalized spacial score (nSPS) is 14.8. The van der Waals surface area contributed by atoms with Crippen LogP contribution in [0.25, 0.3) is 0 Å². The summed E-state index contributed by atoms with van der Waals surface area (Å²) in [5, 5.41) is 0.160. The third kappa shape index (κ3) is 8.81. The maximum atomic E-state index is 11.1. The smallest absolute Gasteiger partial charge is 0.264 e. The molecule has 0 saturated heterocycles. The fraction of sp³-hybridized carbons (Fsp3) is 0.579. The van der Waals surface area contributed by atoms with Crippen LogP contribution in [-0.2, 0) is 25.1 Å². The minimum absolute atomic E-state index is 0.0597. The lowest BCUT2D eigenvalue weighted by molar-refractivity contribution is 0.250. The molecule has 0 bridgehead atoms. The van der Waals surface area contributed by atoms with E-state index in [9.17, 15) is 8.42 Å². The van der Waals surface area contributed by atoms with Gasteiger partial charge in [-0.05, 0) is 30.1 Å². The molecule has 0 aliphatic heterocycles. The average Bonchev–Trinajstić information content (AvgIpc) is 2.48. The highest BCUT2D eigenvalue weighted by Crippen LogP contribution is 2.36. The van der Waals surface area contributed by atoms with E-state index < -0.39 is 18.4 Å². The van der Waals surface area contributed by atoms with E-state index in [0.29, 0.717) is 6.61 Å². The fourth-order valence-electron chi connectivity index (χ4n) is 2.04. The molecular weight excluding hydrogens is 352 g/mol. The van der Waals surface area contributed by atoms with Gasteiger partial charge in [0, 0.05) is 12.5 Å². The fourth-order valence-corrected chi connectivity index (χ4v) is 3.43. The zero-order valence-electron chi connectivity index (χ0n) is 16.3. The van der Waals surface area contributed by atoms with Gasteiger partial charge in [0.2, 0.25) is 0 Å². The molecule has 0 N–H and O–H groups in total. The quantitative estimate of drug-likeness (QED) is 0.360. The van der Waals surface area contributed by atoms with Crippen LogP contribution < -0.4 is 0 Å².